The normalized spacial score (nSPS) is 14.2. The van der Waals surface area contributed by atoms with E-state index in [1.54, 1.807) is 31.5 Å². The van der Waals surface area contributed by atoms with Crippen molar-refractivity contribution < 1.29 is 13.9 Å². The lowest BCUT2D eigenvalue weighted by atomic mass is 10.1. The zero-order valence-electron chi connectivity index (χ0n) is 17.0. The van der Waals surface area contributed by atoms with E-state index in [1.165, 1.54) is 32.0 Å². The topological polar surface area (TPSA) is 46.6 Å². The van der Waals surface area contributed by atoms with Crippen molar-refractivity contribution in [3.05, 3.63) is 53.4 Å². The van der Waals surface area contributed by atoms with Crippen LogP contribution in [-0.4, -0.2) is 43.2 Å². The molecule has 0 bridgehead atoms. The number of nitrogens with zero attached hydrogens (tertiary/aromatic N) is 2. The van der Waals surface area contributed by atoms with Crippen molar-refractivity contribution in [2.75, 3.05) is 38.7 Å². The highest BCUT2D eigenvalue weighted by atomic mass is 35.5. The van der Waals surface area contributed by atoms with E-state index in [0.29, 0.717) is 34.3 Å². The molecule has 1 fully saturated rings. The first-order chi connectivity index (χ1) is 14.7. The maximum Gasteiger partial charge on any atom is 0.187 e. The fourth-order valence-electron chi connectivity index (χ4n) is 3.81. The number of rotatable bonds is 8. The van der Waals surface area contributed by atoms with Gasteiger partial charge in [0.1, 0.15) is 11.3 Å². The molecule has 4 rings (SSSR count). The molecule has 1 aliphatic heterocycles. The first-order valence-corrected chi connectivity index (χ1v) is 10.6. The van der Waals surface area contributed by atoms with E-state index < -0.39 is 5.82 Å². The third kappa shape index (κ3) is 4.60. The molecule has 0 spiro atoms. The Labute approximate surface area is 180 Å². The molecule has 1 N–H and O–H groups in total. The Hall–Kier alpha value is -2.57. The lowest BCUT2D eigenvalue weighted by Gasteiger charge is -2.17. The van der Waals surface area contributed by atoms with Gasteiger partial charge in [0.05, 0.1) is 19.4 Å². The second kappa shape index (κ2) is 9.49. The van der Waals surface area contributed by atoms with Crippen molar-refractivity contribution in [2.45, 2.75) is 19.3 Å². The minimum atomic E-state index is -0.419. The first-order valence-electron chi connectivity index (χ1n) is 10.2. The van der Waals surface area contributed by atoms with Gasteiger partial charge in [0, 0.05) is 28.8 Å². The number of aromatic nitrogens is 1. The van der Waals surface area contributed by atoms with Gasteiger partial charge in [-0.2, -0.15) is 0 Å². The lowest BCUT2D eigenvalue weighted by Crippen LogP contribution is -2.21. The maximum absolute atomic E-state index is 14.2. The summed E-state index contributed by atoms with van der Waals surface area (Å²) in [5, 5.41) is 4.29. The summed E-state index contributed by atoms with van der Waals surface area (Å²) < 4.78 is 25.8. The molecule has 3 aromatic rings. The van der Waals surface area contributed by atoms with E-state index in [2.05, 4.69) is 15.2 Å². The molecule has 5 nitrogen and oxygen atoms in total. The minimum Gasteiger partial charge on any atom is -0.491 e. The molecule has 0 amide bonds. The van der Waals surface area contributed by atoms with E-state index in [9.17, 15) is 4.39 Å². The summed E-state index contributed by atoms with van der Waals surface area (Å²) in [5.74, 6) is 0.819. The van der Waals surface area contributed by atoms with Crippen LogP contribution in [0.25, 0.3) is 10.9 Å². The number of methoxy groups -OCH3 is 1. The molecular weight excluding hydrogens is 405 g/mol. The zero-order valence-corrected chi connectivity index (χ0v) is 17.7. The molecule has 0 radical (unpaired) electrons. The monoisotopic (exact) mass is 429 g/mol. The van der Waals surface area contributed by atoms with Gasteiger partial charge in [-0.1, -0.05) is 11.6 Å². The van der Waals surface area contributed by atoms with Gasteiger partial charge >= 0.3 is 0 Å². The summed E-state index contributed by atoms with van der Waals surface area (Å²) in [6.07, 6.45) is 5.22. The highest BCUT2D eigenvalue weighted by Crippen LogP contribution is 2.38. The summed E-state index contributed by atoms with van der Waals surface area (Å²) in [6.45, 7) is 4.04. The van der Waals surface area contributed by atoms with Crippen molar-refractivity contribution in [2.24, 2.45) is 0 Å². The summed E-state index contributed by atoms with van der Waals surface area (Å²) in [6, 6.07) is 10.1. The second-order valence-corrected chi connectivity index (χ2v) is 7.79. The number of benzene rings is 2. The molecule has 1 aromatic heterocycles. The van der Waals surface area contributed by atoms with Gasteiger partial charge in [-0.15, -0.1) is 0 Å². The van der Waals surface area contributed by atoms with Crippen LogP contribution in [0.4, 0.5) is 15.8 Å². The molecule has 2 aromatic carbocycles. The zero-order chi connectivity index (χ0) is 20.9. The van der Waals surface area contributed by atoms with E-state index in [4.69, 9.17) is 21.1 Å². The first kappa shape index (κ1) is 20.7. The van der Waals surface area contributed by atoms with Crippen molar-refractivity contribution in [3.8, 4) is 11.5 Å². The summed E-state index contributed by atoms with van der Waals surface area (Å²) in [7, 11) is 1.60. The van der Waals surface area contributed by atoms with Crippen LogP contribution >= 0.6 is 11.6 Å². The Morgan fingerprint density at radius 3 is 2.73 bits per heavy atom. The van der Waals surface area contributed by atoms with E-state index in [-0.39, 0.29) is 0 Å². The van der Waals surface area contributed by atoms with Gasteiger partial charge in [-0.05, 0) is 68.8 Å². The Morgan fingerprint density at radius 1 is 1.13 bits per heavy atom. The third-order valence-electron chi connectivity index (χ3n) is 5.31. The number of ether oxygens (including phenoxy) is 2. The molecule has 0 aliphatic carbocycles. The molecule has 0 atom stereocenters. The van der Waals surface area contributed by atoms with E-state index >= 15 is 0 Å². The van der Waals surface area contributed by atoms with Crippen LogP contribution in [0.15, 0.2) is 42.6 Å². The van der Waals surface area contributed by atoms with Crippen LogP contribution in [-0.2, 0) is 0 Å². The number of likely N-dealkylation sites (tertiary alicyclic amines) is 1. The van der Waals surface area contributed by atoms with E-state index in [0.717, 1.165) is 24.0 Å². The number of hydrogen-bond acceptors (Lipinski definition) is 5. The second-order valence-electron chi connectivity index (χ2n) is 7.35. The molecule has 1 aliphatic rings. The number of pyridine rings is 1. The molecule has 0 saturated carbocycles. The Morgan fingerprint density at radius 2 is 1.97 bits per heavy atom. The van der Waals surface area contributed by atoms with Crippen LogP contribution in [0.5, 0.6) is 11.5 Å². The van der Waals surface area contributed by atoms with Crippen LogP contribution in [0, 0.1) is 5.82 Å². The maximum atomic E-state index is 14.2. The Kier molecular flexibility index (Phi) is 6.55. The van der Waals surface area contributed by atoms with Crippen molar-refractivity contribution in [1.82, 2.24) is 9.88 Å². The minimum absolute atomic E-state index is 0.341. The predicted molar refractivity (Wildman–Crippen MR) is 119 cm³/mol. The van der Waals surface area contributed by atoms with Crippen LogP contribution < -0.4 is 14.8 Å². The Balaban J connectivity index is 1.53. The quantitative estimate of drug-likeness (QED) is 0.469. The van der Waals surface area contributed by atoms with Crippen LogP contribution in [0.3, 0.4) is 0 Å². The fraction of sp³-hybridized carbons (Fsp3) is 0.348. The lowest BCUT2D eigenvalue weighted by molar-refractivity contribution is 0.255. The summed E-state index contributed by atoms with van der Waals surface area (Å²) in [5.41, 5.74) is 1.72. The highest BCUT2D eigenvalue weighted by Gasteiger charge is 2.15. The Bertz CT molecular complexity index is 1020. The summed E-state index contributed by atoms with van der Waals surface area (Å²) in [4.78, 5) is 6.94. The molecule has 158 valence electrons. The molecule has 0 unspecified atom stereocenters. The van der Waals surface area contributed by atoms with Gasteiger partial charge in [-0.25, -0.2) is 4.39 Å². The van der Waals surface area contributed by atoms with Crippen molar-refractivity contribution in [1.29, 1.82) is 0 Å². The average Bonchev–Trinajstić information content (AvgIpc) is 3.26. The van der Waals surface area contributed by atoms with Gasteiger partial charge in [-0.3, -0.25) is 4.98 Å². The number of halogens is 2. The highest BCUT2D eigenvalue weighted by molar-refractivity contribution is 6.30. The largest absolute Gasteiger partial charge is 0.491 e. The third-order valence-corrected chi connectivity index (χ3v) is 5.54. The van der Waals surface area contributed by atoms with Gasteiger partial charge in [0.2, 0.25) is 0 Å². The number of hydrogen-bond donors (Lipinski definition) is 1. The van der Waals surface area contributed by atoms with Gasteiger partial charge in [0.15, 0.2) is 11.5 Å². The molecule has 1 saturated heterocycles. The van der Waals surface area contributed by atoms with Crippen molar-refractivity contribution in [3.63, 3.8) is 0 Å². The van der Waals surface area contributed by atoms with Gasteiger partial charge in [0.25, 0.3) is 0 Å². The number of nitrogens with one attached hydrogen (secondary N) is 1. The predicted octanol–water partition coefficient (Wildman–Crippen LogP) is 5.64. The standard InChI is InChI=1S/C23H25ClFN3O2/c1-29-23-21(30-14-4-13-28-11-2-3-12-28)8-6-17-19(9-10-26-22(17)23)27-20-7-5-16(24)15-18(20)25/h5-10,15H,2-4,11-14H2,1H3,(H,26,27). The van der Waals surface area contributed by atoms with Crippen molar-refractivity contribution >= 4 is 33.9 Å². The summed E-state index contributed by atoms with van der Waals surface area (Å²) >= 11 is 5.85. The van der Waals surface area contributed by atoms with Crippen LogP contribution in [0.2, 0.25) is 5.02 Å². The van der Waals surface area contributed by atoms with Gasteiger partial charge < -0.3 is 19.7 Å². The fourth-order valence-corrected chi connectivity index (χ4v) is 3.97. The SMILES string of the molecule is COc1c(OCCCN2CCCC2)ccc2c(Nc3ccc(Cl)cc3F)ccnc12. The van der Waals surface area contributed by atoms with E-state index in [1.807, 2.05) is 12.1 Å². The molecule has 7 heteroatoms. The molecule has 2 heterocycles. The smallest absolute Gasteiger partial charge is 0.187 e. The van der Waals surface area contributed by atoms with Crippen LogP contribution in [0.1, 0.15) is 19.3 Å². The number of fused-ring (bicyclic) bond motifs is 1. The molecular formula is C23H25ClFN3O2. The number of anilines is 2. The molecule has 30 heavy (non-hydrogen) atoms. The average molecular weight is 430 g/mol.